The molecule has 1 rings (SSSR count). The van der Waals surface area contributed by atoms with Gasteiger partial charge in [0.15, 0.2) is 0 Å². The van der Waals surface area contributed by atoms with Crippen LogP contribution in [0, 0.1) is 17.3 Å². The number of rotatable bonds is 3. The monoisotopic (exact) mass is 223 g/mol. The highest BCUT2D eigenvalue weighted by Gasteiger charge is 2.42. The molecule has 1 fully saturated rings. The molecular formula is C14H25NO. The van der Waals surface area contributed by atoms with Gasteiger partial charge in [0.2, 0.25) is 0 Å². The summed E-state index contributed by atoms with van der Waals surface area (Å²) < 4.78 is 5.74. The third-order valence-corrected chi connectivity index (χ3v) is 4.03. The van der Waals surface area contributed by atoms with Crippen LogP contribution in [0.2, 0.25) is 0 Å². The van der Waals surface area contributed by atoms with Crippen molar-refractivity contribution < 1.29 is 4.74 Å². The van der Waals surface area contributed by atoms with Gasteiger partial charge >= 0.3 is 0 Å². The first-order valence-corrected chi connectivity index (χ1v) is 6.16. The Morgan fingerprint density at radius 1 is 1.25 bits per heavy atom. The van der Waals surface area contributed by atoms with Crippen LogP contribution in [0.15, 0.2) is 0 Å². The minimum atomic E-state index is -0.140. The Balaban J connectivity index is 2.67. The zero-order valence-corrected chi connectivity index (χ0v) is 11.1. The van der Waals surface area contributed by atoms with Gasteiger partial charge in [-0.15, -0.1) is 11.8 Å². The van der Waals surface area contributed by atoms with E-state index >= 15 is 0 Å². The number of hydrogen-bond donors (Lipinski definition) is 1. The molecule has 0 aromatic heterocycles. The Hall–Kier alpha value is -0.520. The van der Waals surface area contributed by atoms with Crippen LogP contribution in [0.3, 0.4) is 0 Å². The van der Waals surface area contributed by atoms with Crippen molar-refractivity contribution in [1.82, 2.24) is 0 Å². The zero-order valence-electron chi connectivity index (χ0n) is 11.1. The summed E-state index contributed by atoms with van der Waals surface area (Å²) in [6, 6.07) is 0.0426. The zero-order chi connectivity index (χ0) is 12.2. The van der Waals surface area contributed by atoms with Crippen molar-refractivity contribution in [3.05, 3.63) is 0 Å². The summed E-state index contributed by atoms with van der Waals surface area (Å²) in [6.45, 7) is 6.50. The molecule has 16 heavy (non-hydrogen) atoms. The van der Waals surface area contributed by atoms with Gasteiger partial charge in [-0.2, -0.15) is 0 Å². The van der Waals surface area contributed by atoms with Crippen LogP contribution in [-0.2, 0) is 4.74 Å². The fraction of sp³-hybridized carbons (Fsp3) is 0.857. The van der Waals surface area contributed by atoms with Crippen molar-refractivity contribution in [3.8, 4) is 11.8 Å². The van der Waals surface area contributed by atoms with Gasteiger partial charge in [0.1, 0.15) is 0 Å². The van der Waals surface area contributed by atoms with Gasteiger partial charge in [0.05, 0.1) is 5.60 Å². The molecule has 1 aliphatic rings. The highest BCUT2D eigenvalue weighted by atomic mass is 16.5. The molecule has 0 radical (unpaired) electrons. The molecule has 2 nitrogen and oxygen atoms in total. The van der Waals surface area contributed by atoms with Crippen molar-refractivity contribution in [2.75, 3.05) is 7.11 Å². The second kappa shape index (κ2) is 5.21. The number of ether oxygens (including phenoxy) is 1. The maximum atomic E-state index is 6.24. The van der Waals surface area contributed by atoms with Crippen LogP contribution in [0.4, 0.5) is 0 Å². The minimum absolute atomic E-state index is 0.0426. The van der Waals surface area contributed by atoms with Crippen LogP contribution < -0.4 is 5.73 Å². The van der Waals surface area contributed by atoms with Crippen LogP contribution in [0.25, 0.3) is 0 Å². The summed E-state index contributed by atoms with van der Waals surface area (Å²) in [5.74, 6) is 5.98. The molecule has 1 aliphatic carbocycles. The Morgan fingerprint density at radius 2 is 1.81 bits per heavy atom. The average molecular weight is 223 g/mol. The van der Waals surface area contributed by atoms with Crippen LogP contribution in [-0.4, -0.2) is 18.8 Å². The minimum Gasteiger partial charge on any atom is -0.377 e. The molecule has 0 saturated heterocycles. The second-order valence-electron chi connectivity index (χ2n) is 5.67. The summed E-state index contributed by atoms with van der Waals surface area (Å²) in [4.78, 5) is 0. The first-order valence-electron chi connectivity index (χ1n) is 6.16. The van der Waals surface area contributed by atoms with E-state index in [0.29, 0.717) is 5.41 Å². The molecule has 1 atom stereocenters. The standard InChI is InChI=1S/C14H25NO/c1-5-6-7-12(15)14(16-4)10-8-13(2,3)9-11-14/h12H,7-11,15H2,1-4H3. The SMILES string of the molecule is CC#CCC(N)C1(OC)CCC(C)(C)CC1. The van der Waals surface area contributed by atoms with Crippen molar-refractivity contribution in [1.29, 1.82) is 0 Å². The van der Waals surface area contributed by atoms with E-state index in [4.69, 9.17) is 10.5 Å². The summed E-state index contributed by atoms with van der Waals surface area (Å²) in [5.41, 5.74) is 6.54. The molecule has 0 aliphatic heterocycles. The lowest BCUT2D eigenvalue weighted by Crippen LogP contribution is -2.52. The molecular weight excluding hydrogens is 198 g/mol. The lowest BCUT2D eigenvalue weighted by atomic mass is 9.68. The van der Waals surface area contributed by atoms with Crippen LogP contribution >= 0.6 is 0 Å². The van der Waals surface area contributed by atoms with Gasteiger partial charge in [-0.3, -0.25) is 0 Å². The summed E-state index contributed by atoms with van der Waals surface area (Å²) in [6.07, 6.45) is 5.24. The number of hydrogen-bond acceptors (Lipinski definition) is 2. The van der Waals surface area contributed by atoms with Gasteiger partial charge in [-0.1, -0.05) is 13.8 Å². The van der Waals surface area contributed by atoms with E-state index in [0.717, 1.165) is 19.3 Å². The second-order valence-corrected chi connectivity index (χ2v) is 5.67. The highest BCUT2D eigenvalue weighted by molar-refractivity contribution is 5.05. The lowest BCUT2D eigenvalue weighted by Gasteiger charge is -2.45. The van der Waals surface area contributed by atoms with E-state index in [1.807, 2.05) is 6.92 Å². The van der Waals surface area contributed by atoms with Gasteiger partial charge in [0.25, 0.3) is 0 Å². The predicted molar refractivity (Wildman–Crippen MR) is 68.0 cm³/mol. The molecule has 92 valence electrons. The summed E-state index contributed by atoms with van der Waals surface area (Å²) in [7, 11) is 1.79. The quantitative estimate of drug-likeness (QED) is 0.747. The normalized spacial score (nSPS) is 24.3. The van der Waals surface area contributed by atoms with E-state index in [-0.39, 0.29) is 11.6 Å². The maximum Gasteiger partial charge on any atom is 0.0838 e. The van der Waals surface area contributed by atoms with Crippen LogP contribution in [0.1, 0.15) is 52.9 Å². The predicted octanol–water partition coefficient (Wildman–Crippen LogP) is 2.71. The number of methoxy groups -OCH3 is 1. The fourth-order valence-corrected chi connectivity index (χ4v) is 2.47. The molecule has 0 spiro atoms. The fourth-order valence-electron chi connectivity index (χ4n) is 2.47. The first-order chi connectivity index (χ1) is 7.46. The molecule has 0 aromatic rings. The van der Waals surface area contributed by atoms with E-state index < -0.39 is 0 Å². The van der Waals surface area contributed by atoms with Crippen molar-refractivity contribution in [2.45, 2.75) is 64.5 Å². The first kappa shape index (κ1) is 13.5. The topological polar surface area (TPSA) is 35.2 Å². The van der Waals surface area contributed by atoms with Crippen molar-refractivity contribution in [3.63, 3.8) is 0 Å². The molecule has 0 amide bonds. The molecule has 1 unspecified atom stereocenters. The molecule has 0 heterocycles. The van der Waals surface area contributed by atoms with E-state index in [2.05, 4.69) is 25.7 Å². The Bertz CT molecular complexity index is 275. The van der Waals surface area contributed by atoms with Crippen molar-refractivity contribution >= 4 is 0 Å². The third-order valence-electron chi connectivity index (χ3n) is 4.03. The van der Waals surface area contributed by atoms with E-state index in [9.17, 15) is 0 Å². The summed E-state index contributed by atoms with van der Waals surface area (Å²) >= 11 is 0. The van der Waals surface area contributed by atoms with Crippen LogP contribution in [0.5, 0.6) is 0 Å². The highest BCUT2D eigenvalue weighted by Crippen LogP contribution is 2.43. The molecule has 0 bridgehead atoms. The van der Waals surface area contributed by atoms with Gasteiger partial charge in [-0.25, -0.2) is 0 Å². The van der Waals surface area contributed by atoms with Gasteiger partial charge in [0, 0.05) is 19.6 Å². The molecule has 2 N–H and O–H groups in total. The maximum absolute atomic E-state index is 6.24. The Morgan fingerprint density at radius 3 is 2.25 bits per heavy atom. The smallest absolute Gasteiger partial charge is 0.0838 e. The van der Waals surface area contributed by atoms with Crippen molar-refractivity contribution in [2.24, 2.45) is 11.1 Å². The molecule has 2 heteroatoms. The molecule has 0 aromatic carbocycles. The van der Waals surface area contributed by atoms with E-state index in [1.54, 1.807) is 7.11 Å². The van der Waals surface area contributed by atoms with Gasteiger partial charge in [-0.05, 0) is 38.0 Å². The lowest BCUT2D eigenvalue weighted by molar-refractivity contribution is -0.0772. The largest absolute Gasteiger partial charge is 0.377 e. The number of nitrogens with two attached hydrogens (primary N) is 1. The molecule has 1 saturated carbocycles. The average Bonchev–Trinajstić information content (AvgIpc) is 2.27. The Labute approximate surface area is 99.9 Å². The van der Waals surface area contributed by atoms with E-state index in [1.165, 1.54) is 12.8 Å². The summed E-state index contributed by atoms with van der Waals surface area (Å²) in [5, 5.41) is 0. The van der Waals surface area contributed by atoms with Gasteiger partial charge < -0.3 is 10.5 Å². The Kier molecular flexibility index (Phi) is 4.41. The third kappa shape index (κ3) is 2.99.